The van der Waals surface area contributed by atoms with Crippen LogP contribution < -0.4 is 5.32 Å². The molecule has 2 N–H and O–H groups in total. The summed E-state index contributed by atoms with van der Waals surface area (Å²) < 4.78 is 42.0. The van der Waals surface area contributed by atoms with Gasteiger partial charge in [-0.15, -0.1) is 0 Å². The van der Waals surface area contributed by atoms with Crippen molar-refractivity contribution in [2.24, 2.45) is 0 Å². The highest BCUT2D eigenvalue weighted by Crippen LogP contribution is 2.31. The first-order valence-electron chi connectivity index (χ1n) is 6.84. The first kappa shape index (κ1) is 16.9. The minimum absolute atomic E-state index is 0.0950. The van der Waals surface area contributed by atoms with Crippen LogP contribution in [0.3, 0.4) is 0 Å². The number of halogens is 3. The van der Waals surface area contributed by atoms with Crippen molar-refractivity contribution in [1.82, 2.24) is 0 Å². The van der Waals surface area contributed by atoms with Crippen LogP contribution in [0.25, 0.3) is 0 Å². The second kappa shape index (κ2) is 5.98. The third-order valence-electron chi connectivity index (χ3n) is 3.55. The number of benzene rings is 1. The van der Waals surface area contributed by atoms with Crippen LogP contribution in [0, 0.1) is 0 Å². The van der Waals surface area contributed by atoms with Gasteiger partial charge in [-0.25, -0.2) is 0 Å². The Morgan fingerprint density at radius 2 is 1.74 bits per heavy atom. The number of aliphatic carboxylic acids is 1. The lowest BCUT2D eigenvalue weighted by atomic mass is 9.85. The second-order valence-corrected chi connectivity index (χ2v) is 5.62. The first-order valence-corrected chi connectivity index (χ1v) is 6.84. The van der Waals surface area contributed by atoms with E-state index >= 15 is 0 Å². The van der Waals surface area contributed by atoms with Gasteiger partial charge in [0, 0.05) is 5.69 Å². The van der Waals surface area contributed by atoms with Crippen molar-refractivity contribution in [2.75, 3.05) is 5.32 Å². The van der Waals surface area contributed by atoms with Crippen LogP contribution in [-0.4, -0.2) is 11.1 Å². The Balaban J connectivity index is 2.02. The van der Waals surface area contributed by atoms with E-state index in [0.717, 1.165) is 6.07 Å². The van der Waals surface area contributed by atoms with Gasteiger partial charge in [-0.2, -0.15) is 13.2 Å². The maximum Gasteiger partial charge on any atom is 0.449 e. The summed E-state index contributed by atoms with van der Waals surface area (Å²) in [5.74, 6) is -1.81. The fourth-order valence-corrected chi connectivity index (χ4v) is 1.94. The standard InChI is InChI=1S/C16H16F3NO3/c1-15(2,14(21)22)10-3-5-11(6-4-10)20-9-12-7-8-13(23-12)16(17,18)19/h3-8,20H,9H2,1-2H3,(H,21,22). The Hall–Kier alpha value is -2.44. The molecule has 0 bridgehead atoms. The van der Waals surface area contributed by atoms with E-state index in [1.54, 1.807) is 38.1 Å². The van der Waals surface area contributed by atoms with E-state index in [1.807, 2.05) is 0 Å². The molecule has 0 radical (unpaired) electrons. The van der Waals surface area contributed by atoms with Crippen LogP contribution in [0.5, 0.6) is 0 Å². The van der Waals surface area contributed by atoms with Crippen molar-refractivity contribution in [3.63, 3.8) is 0 Å². The topological polar surface area (TPSA) is 62.5 Å². The minimum atomic E-state index is -4.50. The molecule has 4 nitrogen and oxygen atoms in total. The number of nitrogens with one attached hydrogen (secondary N) is 1. The predicted molar refractivity (Wildman–Crippen MR) is 78.1 cm³/mol. The molecule has 0 amide bonds. The maximum absolute atomic E-state index is 12.4. The quantitative estimate of drug-likeness (QED) is 0.861. The highest BCUT2D eigenvalue weighted by molar-refractivity contribution is 5.80. The molecule has 1 aromatic heterocycles. The monoisotopic (exact) mass is 327 g/mol. The molecular formula is C16H16F3NO3. The normalized spacial score (nSPS) is 12.2. The fraction of sp³-hybridized carbons (Fsp3) is 0.312. The van der Waals surface area contributed by atoms with Crippen molar-refractivity contribution < 1.29 is 27.5 Å². The van der Waals surface area contributed by atoms with Gasteiger partial charge in [-0.05, 0) is 43.7 Å². The highest BCUT2D eigenvalue weighted by atomic mass is 19.4. The summed E-state index contributed by atoms with van der Waals surface area (Å²) in [5, 5.41) is 12.1. The molecule has 0 aliphatic heterocycles. The Morgan fingerprint density at radius 1 is 1.13 bits per heavy atom. The van der Waals surface area contributed by atoms with Crippen molar-refractivity contribution in [3.8, 4) is 0 Å². The minimum Gasteiger partial charge on any atom is -0.481 e. The zero-order valence-corrected chi connectivity index (χ0v) is 12.6. The zero-order chi connectivity index (χ0) is 17.3. The van der Waals surface area contributed by atoms with Gasteiger partial charge in [-0.3, -0.25) is 4.79 Å². The maximum atomic E-state index is 12.4. The number of anilines is 1. The highest BCUT2D eigenvalue weighted by Gasteiger charge is 2.34. The Bertz CT molecular complexity index is 687. The summed E-state index contributed by atoms with van der Waals surface area (Å²) >= 11 is 0. The van der Waals surface area contributed by atoms with Crippen LogP contribution in [-0.2, 0) is 22.9 Å². The van der Waals surface area contributed by atoms with Gasteiger partial charge in [0.1, 0.15) is 5.76 Å². The molecule has 23 heavy (non-hydrogen) atoms. The SMILES string of the molecule is CC(C)(C(=O)O)c1ccc(NCc2ccc(C(F)(F)F)o2)cc1. The number of carboxylic acid groups (broad SMARTS) is 1. The summed E-state index contributed by atoms with van der Waals surface area (Å²) in [6.07, 6.45) is -4.50. The summed E-state index contributed by atoms with van der Waals surface area (Å²) in [7, 11) is 0. The smallest absolute Gasteiger partial charge is 0.449 e. The Labute approximate surface area is 130 Å². The summed E-state index contributed by atoms with van der Waals surface area (Å²) in [6, 6.07) is 8.83. The molecule has 0 saturated heterocycles. The van der Waals surface area contributed by atoms with E-state index in [-0.39, 0.29) is 12.3 Å². The number of hydrogen-bond acceptors (Lipinski definition) is 3. The molecule has 2 aromatic rings. The van der Waals surface area contributed by atoms with Gasteiger partial charge in [0.15, 0.2) is 0 Å². The number of rotatable bonds is 5. The molecule has 0 saturated carbocycles. The molecular weight excluding hydrogens is 311 g/mol. The zero-order valence-electron chi connectivity index (χ0n) is 12.6. The predicted octanol–water partition coefficient (Wildman–Crippen LogP) is 4.27. The summed E-state index contributed by atoms with van der Waals surface area (Å²) in [5.41, 5.74) is 0.272. The van der Waals surface area contributed by atoms with Gasteiger partial charge in [0.2, 0.25) is 5.76 Å². The molecule has 0 aliphatic carbocycles. The molecule has 0 atom stereocenters. The Kier molecular flexibility index (Phi) is 4.40. The molecule has 1 aromatic carbocycles. The molecule has 2 rings (SSSR count). The lowest BCUT2D eigenvalue weighted by Crippen LogP contribution is -2.28. The third kappa shape index (κ3) is 3.85. The average Bonchev–Trinajstić information content (AvgIpc) is 2.94. The van der Waals surface area contributed by atoms with Gasteiger partial charge in [0.05, 0.1) is 12.0 Å². The molecule has 0 unspecified atom stereocenters. The van der Waals surface area contributed by atoms with Crippen molar-refractivity contribution >= 4 is 11.7 Å². The van der Waals surface area contributed by atoms with E-state index in [1.165, 1.54) is 6.07 Å². The average molecular weight is 327 g/mol. The third-order valence-corrected chi connectivity index (χ3v) is 3.55. The number of hydrogen-bond donors (Lipinski definition) is 2. The van der Waals surface area contributed by atoms with Gasteiger partial charge in [0.25, 0.3) is 0 Å². The molecule has 0 spiro atoms. The number of furan rings is 1. The summed E-state index contributed by atoms with van der Waals surface area (Å²) in [6.45, 7) is 3.29. The van der Waals surface area contributed by atoms with Crippen molar-refractivity contribution in [3.05, 3.63) is 53.5 Å². The van der Waals surface area contributed by atoms with E-state index in [9.17, 15) is 18.0 Å². The fourth-order valence-electron chi connectivity index (χ4n) is 1.94. The Morgan fingerprint density at radius 3 is 2.22 bits per heavy atom. The second-order valence-electron chi connectivity index (χ2n) is 5.62. The van der Waals surface area contributed by atoms with Crippen molar-refractivity contribution in [2.45, 2.75) is 32.0 Å². The molecule has 7 heteroatoms. The first-order chi connectivity index (χ1) is 10.6. The van der Waals surface area contributed by atoms with E-state index in [2.05, 4.69) is 5.32 Å². The number of carbonyl (C=O) groups is 1. The van der Waals surface area contributed by atoms with Crippen LogP contribution in [0.4, 0.5) is 18.9 Å². The van der Waals surface area contributed by atoms with Crippen LogP contribution in [0.1, 0.15) is 30.9 Å². The number of alkyl halides is 3. The number of carboxylic acids is 1. The van der Waals surface area contributed by atoms with Crippen molar-refractivity contribution in [1.29, 1.82) is 0 Å². The summed E-state index contributed by atoms with van der Waals surface area (Å²) in [4.78, 5) is 11.2. The van der Waals surface area contributed by atoms with Gasteiger partial charge < -0.3 is 14.8 Å². The van der Waals surface area contributed by atoms with Gasteiger partial charge in [-0.1, -0.05) is 12.1 Å². The molecule has 124 valence electrons. The molecule has 0 aliphatic rings. The lowest BCUT2D eigenvalue weighted by molar-refractivity contribution is -0.153. The van der Waals surface area contributed by atoms with Gasteiger partial charge >= 0.3 is 12.1 Å². The van der Waals surface area contributed by atoms with Crippen LogP contribution in [0.15, 0.2) is 40.8 Å². The van der Waals surface area contributed by atoms with E-state index < -0.39 is 23.3 Å². The van der Waals surface area contributed by atoms with E-state index in [4.69, 9.17) is 9.52 Å². The van der Waals surface area contributed by atoms with Crippen LogP contribution >= 0.6 is 0 Å². The van der Waals surface area contributed by atoms with Crippen LogP contribution in [0.2, 0.25) is 0 Å². The lowest BCUT2D eigenvalue weighted by Gasteiger charge is -2.20. The molecule has 1 heterocycles. The van der Waals surface area contributed by atoms with E-state index in [0.29, 0.717) is 11.3 Å². The largest absolute Gasteiger partial charge is 0.481 e. The molecule has 0 fully saturated rings.